The molecule has 0 fully saturated rings. The highest BCUT2D eigenvalue weighted by molar-refractivity contribution is 8.04. The van der Waals surface area contributed by atoms with Gasteiger partial charge in [0.2, 0.25) is 0 Å². The summed E-state index contributed by atoms with van der Waals surface area (Å²) >= 11 is 1.84. The molecule has 0 aromatic rings. The van der Waals surface area contributed by atoms with Gasteiger partial charge in [0.05, 0.1) is 17.0 Å². The minimum atomic E-state index is -0.106. The van der Waals surface area contributed by atoms with E-state index in [4.69, 9.17) is 4.99 Å². The van der Waals surface area contributed by atoms with Crippen LogP contribution in [0.2, 0.25) is 0 Å². The normalized spacial score (nSPS) is 21.0. The summed E-state index contributed by atoms with van der Waals surface area (Å²) < 4.78 is 0. The van der Waals surface area contributed by atoms with E-state index in [1.54, 1.807) is 0 Å². The molecule has 2 aliphatic rings. The molecule has 0 saturated heterocycles. The van der Waals surface area contributed by atoms with Crippen LogP contribution in [-0.4, -0.2) is 29.8 Å². The van der Waals surface area contributed by atoms with Crippen molar-refractivity contribution in [2.45, 2.75) is 59.9 Å². The van der Waals surface area contributed by atoms with Gasteiger partial charge in [-0.1, -0.05) is 39.7 Å². The number of allylic oxidation sites excluding steroid dienone is 5. The van der Waals surface area contributed by atoms with Crippen molar-refractivity contribution in [1.82, 2.24) is 0 Å². The van der Waals surface area contributed by atoms with Gasteiger partial charge in [0, 0.05) is 17.5 Å². The Balaban J connectivity index is 0.000000541. The van der Waals surface area contributed by atoms with E-state index < -0.39 is 0 Å². The second kappa shape index (κ2) is 8.52. The van der Waals surface area contributed by atoms with Gasteiger partial charge in [-0.25, -0.2) is 0 Å². The molecule has 0 amide bonds. The Morgan fingerprint density at radius 2 is 1.77 bits per heavy atom. The summed E-state index contributed by atoms with van der Waals surface area (Å²) in [4.78, 5) is 10.4. The number of rotatable bonds is 3. The fourth-order valence-corrected chi connectivity index (χ4v) is 3.14. The summed E-state index contributed by atoms with van der Waals surface area (Å²) in [5.74, 6) is 1.05. The highest BCUT2D eigenvalue weighted by Crippen LogP contribution is 2.34. The topological polar surface area (TPSA) is 24.7 Å². The van der Waals surface area contributed by atoms with Crippen LogP contribution < -0.4 is 0 Å². The molecule has 0 N–H and O–H groups in total. The van der Waals surface area contributed by atoms with Crippen molar-refractivity contribution in [3.63, 3.8) is 0 Å². The van der Waals surface area contributed by atoms with Crippen molar-refractivity contribution in [2.24, 2.45) is 9.98 Å². The predicted molar refractivity (Wildman–Crippen MR) is 104 cm³/mol. The summed E-state index contributed by atoms with van der Waals surface area (Å²) in [5, 5.41) is 0. The van der Waals surface area contributed by atoms with E-state index in [1.165, 1.54) is 28.9 Å². The van der Waals surface area contributed by atoms with Gasteiger partial charge >= 0.3 is 0 Å². The number of thioether (sulfide) groups is 1. The lowest BCUT2D eigenvalue weighted by atomic mass is 9.88. The first-order chi connectivity index (χ1) is 10.4. The second-order valence-electron chi connectivity index (χ2n) is 6.09. The molecule has 1 heterocycles. The lowest BCUT2D eigenvalue weighted by Gasteiger charge is -2.29. The minimum absolute atomic E-state index is 0.106. The maximum absolute atomic E-state index is 4.88. The van der Waals surface area contributed by atoms with Crippen LogP contribution in [0.3, 0.4) is 0 Å². The Morgan fingerprint density at radius 3 is 2.27 bits per heavy atom. The van der Waals surface area contributed by atoms with E-state index in [0.29, 0.717) is 0 Å². The fraction of sp³-hybridized carbons (Fsp3) is 0.579. The summed E-state index contributed by atoms with van der Waals surface area (Å²) in [5.41, 5.74) is 4.60. The largest absolute Gasteiger partial charge is 0.289 e. The highest BCUT2D eigenvalue weighted by atomic mass is 32.2. The first kappa shape index (κ1) is 19.0. The zero-order chi connectivity index (χ0) is 16.8. The van der Waals surface area contributed by atoms with Gasteiger partial charge < -0.3 is 0 Å². The van der Waals surface area contributed by atoms with Crippen LogP contribution in [0.4, 0.5) is 0 Å². The maximum atomic E-state index is 4.88. The van der Waals surface area contributed by atoms with E-state index in [2.05, 4.69) is 64.8 Å². The van der Waals surface area contributed by atoms with Crippen LogP contribution in [0.1, 0.15) is 54.4 Å². The van der Waals surface area contributed by atoms with Gasteiger partial charge in [0.15, 0.2) is 0 Å². The Bertz CT molecular complexity index is 544. The molecule has 0 atom stereocenters. The van der Waals surface area contributed by atoms with Crippen LogP contribution in [0.5, 0.6) is 0 Å². The monoisotopic (exact) mass is 318 g/mol. The minimum Gasteiger partial charge on any atom is -0.289 e. The lowest BCUT2D eigenvalue weighted by Crippen LogP contribution is -2.26. The van der Waals surface area contributed by atoms with Crippen molar-refractivity contribution >= 4 is 23.2 Å². The molecule has 0 radical (unpaired) electrons. The van der Waals surface area contributed by atoms with Crippen molar-refractivity contribution in [3.05, 3.63) is 34.3 Å². The molecule has 2 nitrogen and oxygen atoms in total. The summed E-state index contributed by atoms with van der Waals surface area (Å²) in [6.45, 7) is 13.0. The van der Waals surface area contributed by atoms with Gasteiger partial charge in [-0.05, 0) is 44.2 Å². The highest BCUT2D eigenvalue weighted by Gasteiger charge is 2.28. The van der Waals surface area contributed by atoms with Crippen molar-refractivity contribution in [2.75, 3.05) is 12.8 Å². The van der Waals surface area contributed by atoms with E-state index in [9.17, 15) is 0 Å². The lowest BCUT2D eigenvalue weighted by molar-refractivity contribution is 0.648. The third-order valence-corrected chi connectivity index (χ3v) is 4.42. The Labute approximate surface area is 140 Å². The maximum Gasteiger partial charge on any atom is 0.0796 e. The Hall–Kier alpha value is -1.09. The average molecular weight is 319 g/mol. The van der Waals surface area contributed by atoms with Gasteiger partial charge in [0.25, 0.3) is 0 Å². The molecule has 1 aliphatic heterocycles. The van der Waals surface area contributed by atoms with Crippen LogP contribution in [-0.2, 0) is 0 Å². The van der Waals surface area contributed by atoms with Gasteiger partial charge in [0.1, 0.15) is 0 Å². The smallest absolute Gasteiger partial charge is 0.0796 e. The quantitative estimate of drug-likeness (QED) is 0.620. The third kappa shape index (κ3) is 4.98. The Morgan fingerprint density at radius 1 is 1.14 bits per heavy atom. The molecular weight excluding hydrogens is 288 g/mol. The van der Waals surface area contributed by atoms with Crippen molar-refractivity contribution in [1.29, 1.82) is 0 Å². The number of aliphatic imine (C=N–C) groups is 2. The SMILES string of the molecule is CCCC.CCSC1=CC(=NC)C=C2C(C)=CC(C)(C)N=C12. The van der Waals surface area contributed by atoms with Crippen LogP contribution >= 0.6 is 11.8 Å². The van der Waals surface area contributed by atoms with Gasteiger partial charge in [-0.15, -0.1) is 11.8 Å². The third-order valence-electron chi connectivity index (χ3n) is 3.51. The number of dihydropyridines is 1. The molecule has 0 unspecified atom stereocenters. The number of hydrogen-bond acceptors (Lipinski definition) is 3. The molecule has 3 heteroatoms. The van der Waals surface area contributed by atoms with E-state index in [-0.39, 0.29) is 5.54 Å². The first-order valence-corrected chi connectivity index (χ1v) is 9.20. The van der Waals surface area contributed by atoms with E-state index >= 15 is 0 Å². The molecular formula is C19H30N2S. The number of nitrogens with zero attached hydrogens (tertiary/aromatic N) is 2. The van der Waals surface area contributed by atoms with Crippen LogP contribution in [0.25, 0.3) is 0 Å². The Kier molecular flexibility index (Phi) is 7.34. The van der Waals surface area contributed by atoms with Crippen molar-refractivity contribution < 1.29 is 0 Å². The number of hydrogen-bond donors (Lipinski definition) is 0. The second-order valence-corrected chi connectivity index (χ2v) is 7.40. The molecule has 22 heavy (non-hydrogen) atoms. The first-order valence-electron chi connectivity index (χ1n) is 8.21. The molecule has 0 spiro atoms. The van der Waals surface area contributed by atoms with Gasteiger partial charge in [-0.2, -0.15) is 0 Å². The summed E-state index contributed by atoms with van der Waals surface area (Å²) in [6.07, 6.45) is 9.15. The molecule has 2 rings (SSSR count). The van der Waals surface area contributed by atoms with Crippen LogP contribution in [0, 0.1) is 0 Å². The zero-order valence-corrected chi connectivity index (χ0v) is 16.0. The number of unbranched alkanes of at least 4 members (excludes halogenated alkanes) is 1. The fourth-order valence-electron chi connectivity index (χ4n) is 2.33. The molecule has 122 valence electrons. The standard InChI is InChI=1S/C15H20N2S.C4H10/c1-6-18-13-8-11(16-5)7-12-10(2)9-15(3,4)17-14(12)13;1-3-4-2/h7-9H,6H2,1-5H3;3-4H2,1-2H3. The molecule has 1 aliphatic carbocycles. The summed E-state index contributed by atoms with van der Waals surface area (Å²) in [6, 6.07) is 0. The average Bonchev–Trinajstić information content (AvgIpc) is 2.47. The van der Waals surface area contributed by atoms with E-state index in [0.717, 1.165) is 17.2 Å². The van der Waals surface area contributed by atoms with Crippen molar-refractivity contribution in [3.8, 4) is 0 Å². The summed E-state index contributed by atoms with van der Waals surface area (Å²) in [7, 11) is 1.84. The molecule has 0 saturated carbocycles. The van der Waals surface area contributed by atoms with E-state index in [1.807, 2.05) is 18.8 Å². The molecule has 0 bridgehead atoms. The molecule has 0 aromatic carbocycles. The number of fused-ring (bicyclic) bond motifs is 1. The predicted octanol–water partition coefficient (Wildman–Crippen LogP) is 5.62. The molecule has 0 aromatic heterocycles. The van der Waals surface area contributed by atoms with Crippen LogP contribution in [0.15, 0.2) is 44.3 Å². The zero-order valence-electron chi connectivity index (χ0n) is 15.2. The van der Waals surface area contributed by atoms with Gasteiger partial charge in [-0.3, -0.25) is 9.98 Å².